The molecule has 4 aliphatic carbocycles. The van der Waals surface area contributed by atoms with Crippen molar-refractivity contribution >= 4 is 0 Å². The van der Waals surface area contributed by atoms with E-state index in [1.54, 1.807) is 0 Å². The maximum Gasteiger partial charge on any atom is 0.116 e. The summed E-state index contributed by atoms with van der Waals surface area (Å²) >= 11 is 0. The number of hydrogen-bond donors (Lipinski definition) is 1. The average Bonchev–Trinajstić information content (AvgIpc) is 2.81. The van der Waals surface area contributed by atoms with E-state index >= 15 is 0 Å². The van der Waals surface area contributed by atoms with E-state index in [0.29, 0.717) is 23.5 Å². The Morgan fingerprint density at radius 1 is 1.12 bits per heavy atom. The lowest BCUT2D eigenvalue weighted by Gasteiger charge is -2.72. The Kier molecular flexibility index (Phi) is 3.28. The van der Waals surface area contributed by atoms with E-state index in [2.05, 4.69) is 18.4 Å². The lowest BCUT2D eigenvalue weighted by atomic mass is 9.38. The molecule has 2 heterocycles. The van der Waals surface area contributed by atoms with Crippen LogP contribution in [0.4, 0.5) is 0 Å². The van der Waals surface area contributed by atoms with Crippen LogP contribution in [0.3, 0.4) is 0 Å². The van der Waals surface area contributed by atoms with Crippen molar-refractivity contribution in [2.45, 2.75) is 77.0 Å². The van der Waals surface area contributed by atoms with E-state index in [-0.39, 0.29) is 16.9 Å². The van der Waals surface area contributed by atoms with Gasteiger partial charge in [0.05, 0.1) is 6.10 Å². The first-order valence-electron chi connectivity index (χ1n) is 11.2. The van der Waals surface area contributed by atoms with E-state index < -0.39 is 0 Å². The molecule has 0 aromatic carbocycles. The van der Waals surface area contributed by atoms with Crippen LogP contribution in [0.15, 0.2) is 12.2 Å². The Morgan fingerprint density at radius 3 is 2.88 bits per heavy atom. The first kappa shape index (κ1) is 16.6. The molecule has 8 atom stereocenters. The van der Waals surface area contributed by atoms with Crippen LogP contribution in [-0.4, -0.2) is 42.0 Å². The molecule has 1 N–H and O–H groups in total. The van der Waals surface area contributed by atoms with Crippen LogP contribution in [-0.2, 0) is 4.74 Å². The zero-order valence-corrected chi connectivity index (χ0v) is 16.4. The number of fused-ring (bicyclic) bond motifs is 2. The topological polar surface area (TPSA) is 32.7 Å². The highest BCUT2D eigenvalue weighted by molar-refractivity contribution is 5.29. The Bertz CT molecular complexity index is 648. The third kappa shape index (κ3) is 1.73. The maximum absolute atomic E-state index is 11.3. The molecule has 4 bridgehead atoms. The summed E-state index contributed by atoms with van der Waals surface area (Å²) in [6.45, 7) is 10.3. The van der Waals surface area contributed by atoms with Gasteiger partial charge < -0.3 is 9.84 Å². The van der Waals surface area contributed by atoms with Gasteiger partial charge in [0.2, 0.25) is 0 Å². The molecule has 3 heteroatoms. The molecule has 144 valence electrons. The summed E-state index contributed by atoms with van der Waals surface area (Å²) in [5.74, 6) is 2.00. The summed E-state index contributed by atoms with van der Waals surface area (Å²) < 4.78 is 6.61. The molecule has 0 aromatic rings. The van der Waals surface area contributed by atoms with Crippen molar-refractivity contribution in [3.8, 4) is 0 Å². The van der Waals surface area contributed by atoms with Gasteiger partial charge in [0, 0.05) is 30.5 Å². The summed E-state index contributed by atoms with van der Waals surface area (Å²) in [6.07, 6.45) is 11.6. The molecule has 1 unspecified atom stereocenters. The number of ether oxygens (including phenoxy) is 1. The highest BCUT2D eigenvalue weighted by atomic mass is 16.5. The van der Waals surface area contributed by atoms with Crippen LogP contribution in [0, 0.1) is 34.0 Å². The van der Waals surface area contributed by atoms with Gasteiger partial charge in [-0.2, -0.15) is 0 Å². The summed E-state index contributed by atoms with van der Waals surface area (Å²) in [4.78, 5) is 2.72. The Morgan fingerprint density at radius 2 is 2.00 bits per heavy atom. The predicted octanol–water partition coefficient (Wildman–Crippen LogP) is 3.97. The largest absolute Gasteiger partial charge is 0.388 e. The van der Waals surface area contributed by atoms with Gasteiger partial charge in [-0.05, 0) is 80.1 Å². The zero-order chi connectivity index (χ0) is 17.7. The van der Waals surface area contributed by atoms with Crippen LogP contribution in [0.5, 0.6) is 0 Å². The van der Waals surface area contributed by atoms with Crippen LogP contribution in [0.1, 0.15) is 64.7 Å². The van der Waals surface area contributed by atoms with Gasteiger partial charge in [0.15, 0.2) is 0 Å². The number of nitrogens with zero attached hydrogens (tertiary/aromatic N) is 1. The molecule has 0 radical (unpaired) electrons. The second-order valence-electron chi connectivity index (χ2n) is 11.0. The van der Waals surface area contributed by atoms with Crippen molar-refractivity contribution in [3.05, 3.63) is 12.2 Å². The van der Waals surface area contributed by atoms with Crippen LogP contribution >= 0.6 is 0 Å². The minimum atomic E-state index is -0.262. The molecular weight excluding hydrogens is 322 g/mol. The van der Waals surface area contributed by atoms with Crippen LogP contribution in [0.25, 0.3) is 0 Å². The van der Waals surface area contributed by atoms with Crippen LogP contribution in [0.2, 0.25) is 0 Å². The predicted molar refractivity (Wildman–Crippen MR) is 101 cm³/mol. The molecule has 6 rings (SSSR count). The second-order valence-corrected chi connectivity index (χ2v) is 11.0. The fraction of sp³-hybridized carbons (Fsp3) is 0.913. The Labute approximate surface area is 158 Å². The third-order valence-electron chi connectivity index (χ3n) is 10.2. The molecule has 1 spiro atoms. The SMILES string of the molecule is C=C1[C@@H]2CC[C@@H]3[C@@](CC[C@@H]4[C@@]5(C)CCC[C@]43C3OCCCN3C5)(C2)[C@H]1O. The fourth-order valence-electron chi connectivity index (χ4n) is 9.49. The van der Waals surface area contributed by atoms with Crippen molar-refractivity contribution < 1.29 is 9.84 Å². The molecule has 3 nitrogen and oxygen atoms in total. The smallest absolute Gasteiger partial charge is 0.116 e. The Balaban J connectivity index is 1.52. The highest BCUT2D eigenvalue weighted by Gasteiger charge is 2.72. The van der Waals surface area contributed by atoms with Gasteiger partial charge in [-0.1, -0.05) is 19.9 Å². The first-order valence-corrected chi connectivity index (χ1v) is 11.2. The maximum atomic E-state index is 11.3. The molecule has 2 saturated heterocycles. The van der Waals surface area contributed by atoms with Gasteiger partial charge in [0.1, 0.15) is 6.23 Å². The molecule has 0 aromatic heterocycles. The van der Waals surface area contributed by atoms with Crippen molar-refractivity contribution in [1.29, 1.82) is 0 Å². The molecule has 0 amide bonds. The van der Waals surface area contributed by atoms with E-state index in [1.165, 1.54) is 70.9 Å². The van der Waals surface area contributed by atoms with Crippen molar-refractivity contribution in [2.75, 3.05) is 19.7 Å². The van der Waals surface area contributed by atoms with E-state index in [1.807, 2.05) is 0 Å². The van der Waals surface area contributed by atoms with Crippen molar-refractivity contribution in [1.82, 2.24) is 4.90 Å². The first-order chi connectivity index (χ1) is 12.5. The van der Waals surface area contributed by atoms with Gasteiger partial charge >= 0.3 is 0 Å². The second kappa shape index (κ2) is 5.15. The summed E-state index contributed by atoms with van der Waals surface area (Å²) in [7, 11) is 0. The zero-order valence-electron chi connectivity index (χ0n) is 16.4. The van der Waals surface area contributed by atoms with Crippen molar-refractivity contribution in [2.24, 2.45) is 34.0 Å². The molecular formula is C23H35NO2. The molecule has 2 aliphatic heterocycles. The van der Waals surface area contributed by atoms with E-state index in [4.69, 9.17) is 4.74 Å². The molecule has 4 saturated carbocycles. The minimum Gasteiger partial charge on any atom is -0.388 e. The van der Waals surface area contributed by atoms with E-state index in [9.17, 15) is 5.11 Å². The lowest BCUT2D eigenvalue weighted by molar-refractivity contribution is -0.310. The van der Waals surface area contributed by atoms with E-state index in [0.717, 1.165) is 18.1 Å². The van der Waals surface area contributed by atoms with Crippen molar-refractivity contribution in [3.63, 3.8) is 0 Å². The van der Waals surface area contributed by atoms with Gasteiger partial charge in [0.25, 0.3) is 0 Å². The monoisotopic (exact) mass is 357 g/mol. The summed E-state index contributed by atoms with van der Waals surface area (Å²) in [6, 6.07) is 0. The van der Waals surface area contributed by atoms with Gasteiger partial charge in [-0.25, -0.2) is 0 Å². The fourth-order valence-corrected chi connectivity index (χ4v) is 9.49. The van der Waals surface area contributed by atoms with Gasteiger partial charge in [-0.3, -0.25) is 4.90 Å². The standard InChI is InChI=1S/C23H35NO2/c1-15-16-5-6-18-22(13-16,19(15)25)10-7-17-21(2)8-3-9-23(17,18)20-24(14-21)11-4-12-26-20/h16-20,25H,1,3-14H2,2H3/t16-,17-,18-,19+,20?,21+,22-,23+/m1/s1. The summed E-state index contributed by atoms with van der Waals surface area (Å²) in [5.41, 5.74) is 2.01. The molecule has 26 heavy (non-hydrogen) atoms. The summed E-state index contributed by atoms with van der Waals surface area (Å²) in [5, 5.41) is 11.3. The number of aliphatic hydroxyl groups is 1. The molecule has 6 fully saturated rings. The Hall–Kier alpha value is -0.380. The van der Waals surface area contributed by atoms with Crippen LogP contribution < -0.4 is 0 Å². The lowest BCUT2D eigenvalue weighted by Crippen LogP contribution is -2.73. The molecule has 6 aliphatic rings. The minimum absolute atomic E-state index is 0.110. The third-order valence-corrected chi connectivity index (χ3v) is 10.2. The normalized spacial score (nSPS) is 58.7. The number of rotatable bonds is 0. The number of piperidine rings is 1. The number of hydrogen-bond acceptors (Lipinski definition) is 3. The number of aliphatic hydroxyl groups excluding tert-OH is 1. The average molecular weight is 358 g/mol. The highest BCUT2D eigenvalue weighted by Crippen LogP contribution is 2.75. The van der Waals surface area contributed by atoms with Gasteiger partial charge in [-0.15, -0.1) is 0 Å². The quantitative estimate of drug-likeness (QED) is 0.666.